The minimum atomic E-state index is -0.850. The topological polar surface area (TPSA) is 46.3 Å². The third-order valence-electron chi connectivity index (χ3n) is 3.74. The van der Waals surface area contributed by atoms with Gasteiger partial charge in [-0.15, -0.1) is 0 Å². The fourth-order valence-electron chi connectivity index (χ4n) is 2.74. The number of rotatable bonds is 2. The Hall–Kier alpha value is -1.95. The van der Waals surface area contributed by atoms with E-state index in [0.29, 0.717) is 6.54 Å². The summed E-state index contributed by atoms with van der Waals surface area (Å²) in [6.07, 6.45) is 1.67. The second kappa shape index (κ2) is 5.44. The highest BCUT2D eigenvalue weighted by molar-refractivity contribution is 7.07. The van der Waals surface area contributed by atoms with E-state index in [1.54, 1.807) is 16.2 Å². The molecule has 3 nitrogen and oxygen atoms in total. The van der Waals surface area contributed by atoms with Crippen LogP contribution in [-0.4, -0.2) is 17.4 Å². The first kappa shape index (κ1) is 14.0. The molecule has 3 rings (SSSR count). The van der Waals surface area contributed by atoms with Gasteiger partial charge in [-0.1, -0.05) is 0 Å². The second-order valence-electron chi connectivity index (χ2n) is 5.07. The number of nitrogens with zero attached hydrogens (tertiary/aromatic N) is 1. The highest BCUT2D eigenvalue weighted by Crippen LogP contribution is 2.34. The molecule has 2 aromatic rings. The smallest absolute Gasteiger partial charge is 0.257 e. The minimum Gasteiger partial charge on any atom is -0.396 e. The molecule has 6 heteroatoms. The van der Waals surface area contributed by atoms with Gasteiger partial charge in [0.15, 0.2) is 5.82 Å². The van der Waals surface area contributed by atoms with E-state index in [2.05, 4.69) is 0 Å². The Morgan fingerprint density at radius 2 is 2.19 bits per heavy atom. The van der Waals surface area contributed by atoms with Crippen LogP contribution < -0.4 is 5.73 Å². The predicted octanol–water partition coefficient (Wildman–Crippen LogP) is 3.59. The molecule has 1 aromatic carbocycles. The number of hydrogen-bond acceptors (Lipinski definition) is 3. The van der Waals surface area contributed by atoms with Crippen LogP contribution in [0.1, 0.15) is 34.8 Å². The Balaban J connectivity index is 1.95. The number of nitrogen functional groups attached to an aromatic ring is 1. The lowest BCUT2D eigenvalue weighted by atomic mass is 10.1. The monoisotopic (exact) mass is 308 g/mol. The van der Waals surface area contributed by atoms with Gasteiger partial charge in [0.2, 0.25) is 0 Å². The number of nitrogens with two attached hydrogens (primary N) is 1. The second-order valence-corrected chi connectivity index (χ2v) is 5.85. The molecule has 1 aliphatic rings. The molecular weight excluding hydrogens is 294 g/mol. The number of amides is 1. The molecule has 1 atom stereocenters. The summed E-state index contributed by atoms with van der Waals surface area (Å²) in [7, 11) is 0. The van der Waals surface area contributed by atoms with Gasteiger partial charge < -0.3 is 10.6 Å². The summed E-state index contributed by atoms with van der Waals surface area (Å²) in [6.45, 7) is 0.537. The zero-order valence-electron chi connectivity index (χ0n) is 11.2. The quantitative estimate of drug-likeness (QED) is 0.862. The zero-order valence-corrected chi connectivity index (χ0v) is 12.0. The Morgan fingerprint density at radius 1 is 1.38 bits per heavy atom. The van der Waals surface area contributed by atoms with Gasteiger partial charge in [0.25, 0.3) is 5.91 Å². The van der Waals surface area contributed by atoms with Crippen molar-refractivity contribution >= 4 is 22.9 Å². The number of anilines is 1. The number of likely N-dealkylation sites (tertiary alicyclic amines) is 1. The molecule has 0 radical (unpaired) electrons. The molecule has 110 valence electrons. The highest BCUT2D eigenvalue weighted by atomic mass is 32.1. The number of benzene rings is 1. The van der Waals surface area contributed by atoms with Crippen molar-refractivity contribution in [1.29, 1.82) is 0 Å². The average Bonchev–Trinajstić information content (AvgIpc) is 3.11. The largest absolute Gasteiger partial charge is 0.396 e. The lowest BCUT2D eigenvalue weighted by Gasteiger charge is -2.24. The van der Waals surface area contributed by atoms with Crippen molar-refractivity contribution in [3.8, 4) is 0 Å². The number of carbonyl (C=O) groups is 1. The molecule has 0 spiro atoms. The van der Waals surface area contributed by atoms with Crippen molar-refractivity contribution in [3.63, 3.8) is 0 Å². The molecule has 1 aliphatic heterocycles. The molecule has 2 N–H and O–H groups in total. The summed E-state index contributed by atoms with van der Waals surface area (Å²) in [5.41, 5.74) is 5.80. The van der Waals surface area contributed by atoms with E-state index in [1.807, 2.05) is 16.8 Å². The van der Waals surface area contributed by atoms with Gasteiger partial charge in [0.1, 0.15) is 5.82 Å². The van der Waals surface area contributed by atoms with Crippen LogP contribution in [0.5, 0.6) is 0 Å². The summed E-state index contributed by atoms with van der Waals surface area (Å²) >= 11 is 1.55. The van der Waals surface area contributed by atoms with Crippen LogP contribution in [0.2, 0.25) is 0 Å². The van der Waals surface area contributed by atoms with E-state index in [9.17, 15) is 13.6 Å². The predicted molar refractivity (Wildman–Crippen MR) is 78.1 cm³/mol. The number of halogens is 2. The average molecular weight is 308 g/mol. The third-order valence-corrected chi connectivity index (χ3v) is 4.44. The molecule has 1 unspecified atom stereocenters. The molecule has 0 aliphatic carbocycles. The maximum atomic E-state index is 14.0. The molecule has 1 amide bonds. The summed E-state index contributed by atoms with van der Waals surface area (Å²) < 4.78 is 27.4. The van der Waals surface area contributed by atoms with E-state index >= 15 is 0 Å². The van der Waals surface area contributed by atoms with Gasteiger partial charge in [-0.3, -0.25) is 4.79 Å². The Morgan fingerprint density at radius 3 is 2.90 bits per heavy atom. The Labute approximate surface area is 125 Å². The summed E-state index contributed by atoms with van der Waals surface area (Å²) in [6, 6.07) is 3.67. The van der Waals surface area contributed by atoms with Crippen molar-refractivity contribution in [2.24, 2.45) is 0 Å². The van der Waals surface area contributed by atoms with Crippen molar-refractivity contribution in [1.82, 2.24) is 4.90 Å². The van der Waals surface area contributed by atoms with Crippen LogP contribution in [0, 0.1) is 11.6 Å². The van der Waals surface area contributed by atoms with E-state index in [4.69, 9.17) is 5.73 Å². The van der Waals surface area contributed by atoms with E-state index in [0.717, 1.165) is 30.5 Å². The normalized spacial score (nSPS) is 18.2. The van der Waals surface area contributed by atoms with Gasteiger partial charge in [-0.2, -0.15) is 11.3 Å². The van der Waals surface area contributed by atoms with Gasteiger partial charge >= 0.3 is 0 Å². The molecule has 21 heavy (non-hydrogen) atoms. The fourth-order valence-corrected chi connectivity index (χ4v) is 3.45. The van der Waals surface area contributed by atoms with Crippen molar-refractivity contribution in [2.75, 3.05) is 12.3 Å². The number of thiophene rings is 1. The standard InChI is InChI=1S/C15H14F2N2OS/c16-10-6-11(14(17)12(18)7-10)15(20)19-4-1-2-13(19)9-3-5-21-8-9/h3,5-8,13H,1-2,4,18H2. The van der Waals surface area contributed by atoms with Crippen LogP contribution in [0.25, 0.3) is 0 Å². The first-order chi connectivity index (χ1) is 10.1. The third kappa shape index (κ3) is 2.51. The number of carbonyl (C=O) groups excluding carboxylic acids is 1. The van der Waals surface area contributed by atoms with Gasteiger partial charge in [0, 0.05) is 6.54 Å². The summed E-state index contributed by atoms with van der Waals surface area (Å²) in [5, 5.41) is 3.92. The van der Waals surface area contributed by atoms with Crippen LogP contribution in [-0.2, 0) is 0 Å². The molecule has 0 bridgehead atoms. The van der Waals surface area contributed by atoms with Gasteiger partial charge in [0.05, 0.1) is 17.3 Å². The van der Waals surface area contributed by atoms with Gasteiger partial charge in [-0.25, -0.2) is 8.78 Å². The van der Waals surface area contributed by atoms with Crippen LogP contribution >= 0.6 is 11.3 Å². The Kier molecular flexibility index (Phi) is 3.63. The lowest BCUT2D eigenvalue weighted by molar-refractivity contribution is 0.0730. The van der Waals surface area contributed by atoms with Crippen LogP contribution in [0.15, 0.2) is 29.0 Å². The first-order valence-electron chi connectivity index (χ1n) is 6.65. The first-order valence-corrected chi connectivity index (χ1v) is 7.60. The van der Waals surface area contributed by atoms with Gasteiger partial charge in [-0.05, 0) is 47.4 Å². The summed E-state index contributed by atoms with van der Waals surface area (Å²) in [4.78, 5) is 14.1. The van der Waals surface area contributed by atoms with Crippen molar-refractivity contribution in [3.05, 3.63) is 51.7 Å². The maximum absolute atomic E-state index is 14.0. The molecule has 1 aromatic heterocycles. The molecule has 0 saturated carbocycles. The number of hydrogen-bond donors (Lipinski definition) is 1. The Bertz CT molecular complexity index is 673. The molecule has 2 heterocycles. The SMILES string of the molecule is Nc1cc(F)cc(C(=O)N2CCCC2c2ccsc2)c1F. The fraction of sp³-hybridized carbons (Fsp3) is 0.267. The molecular formula is C15H14F2N2OS. The van der Waals surface area contributed by atoms with E-state index < -0.39 is 17.5 Å². The van der Waals surface area contributed by atoms with E-state index in [1.165, 1.54) is 0 Å². The van der Waals surface area contributed by atoms with Crippen LogP contribution in [0.4, 0.5) is 14.5 Å². The summed E-state index contributed by atoms with van der Waals surface area (Å²) in [5.74, 6) is -2.06. The van der Waals surface area contributed by atoms with Crippen LogP contribution in [0.3, 0.4) is 0 Å². The van der Waals surface area contributed by atoms with Crippen molar-refractivity contribution < 1.29 is 13.6 Å². The van der Waals surface area contributed by atoms with Crippen molar-refractivity contribution in [2.45, 2.75) is 18.9 Å². The lowest BCUT2D eigenvalue weighted by Crippen LogP contribution is -2.31. The minimum absolute atomic E-state index is 0.0763. The zero-order chi connectivity index (χ0) is 15.0. The highest BCUT2D eigenvalue weighted by Gasteiger charge is 2.32. The van der Waals surface area contributed by atoms with E-state index in [-0.39, 0.29) is 17.3 Å². The maximum Gasteiger partial charge on any atom is 0.257 e. The molecule has 1 saturated heterocycles. The molecule has 1 fully saturated rings.